The first-order valence-electron chi connectivity index (χ1n) is 6.92. The largest absolute Gasteiger partial charge is 0.481 e. The van der Waals surface area contributed by atoms with Gasteiger partial charge in [-0.25, -0.2) is 4.79 Å². The number of ether oxygens (including phenoxy) is 1. The quantitative estimate of drug-likeness (QED) is 0.835. The number of amides is 2. The summed E-state index contributed by atoms with van der Waals surface area (Å²) >= 11 is 0. The Hall–Kier alpha value is -1.30. The van der Waals surface area contributed by atoms with Crippen LogP contribution in [-0.2, 0) is 9.53 Å². The van der Waals surface area contributed by atoms with Gasteiger partial charge in [-0.15, -0.1) is 0 Å². The molecule has 0 bridgehead atoms. The van der Waals surface area contributed by atoms with E-state index in [1.807, 2.05) is 0 Å². The van der Waals surface area contributed by atoms with Crippen molar-refractivity contribution in [1.82, 2.24) is 9.80 Å². The van der Waals surface area contributed by atoms with E-state index in [2.05, 4.69) is 0 Å². The van der Waals surface area contributed by atoms with Crippen LogP contribution >= 0.6 is 0 Å². The molecule has 2 unspecified atom stereocenters. The molecule has 2 aliphatic heterocycles. The molecule has 2 fully saturated rings. The van der Waals surface area contributed by atoms with Crippen LogP contribution in [-0.4, -0.2) is 65.8 Å². The Balaban J connectivity index is 1.97. The van der Waals surface area contributed by atoms with Crippen LogP contribution in [0.3, 0.4) is 0 Å². The number of piperidine rings is 1. The second kappa shape index (κ2) is 6.23. The maximum Gasteiger partial charge on any atom is 0.320 e. The number of hydrogen-bond acceptors (Lipinski definition) is 3. The first kappa shape index (κ1) is 14.1. The highest BCUT2D eigenvalue weighted by Crippen LogP contribution is 2.23. The zero-order valence-corrected chi connectivity index (χ0v) is 11.4. The second-order valence-corrected chi connectivity index (χ2v) is 5.32. The van der Waals surface area contributed by atoms with Gasteiger partial charge >= 0.3 is 12.0 Å². The minimum absolute atomic E-state index is 0.0227. The van der Waals surface area contributed by atoms with Gasteiger partial charge in [-0.3, -0.25) is 4.79 Å². The normalized spacial score (nSPS) is 27.6. The monoisotopic (exact) mass is 270 g/mol. The number of rotatable bonds is 3. The molecule has 6 heteroatoms. The average Bonchev–Trinajstić information content (AvgIpc) is 2.86. The van der Waals surface area contributed by atoms with Crippen LogP contribution in [0.5, 0.6) is 0 Å². The Morgan fingerprint density at radius 3 is 2.68 bits per heavy atom. The summed E-state index contributed by atoms with van der Waals surface area (Å²) < 4.78 is 5.26. The van der Waals surface area contributed by atoms with Crippen LogP contribution in [0.2, 0.25) is 0 Å². The first-order valence-corrected chi connectivity index (χ1v) is 6.92. The third kappa shape index (κ3) is 3.37. The molecule has 0 aliphatic carbocycles. The number of hydrogen-bond donors (Lipinski definition) is 1. The molecule has 2 amide bonds. The number of carboxylic acids is 1. The molecular weight excluding hydrogens is 248 g/mol. The highest BCUT2D eigenvalue weighted by Gasteiger charge is 2.34. The topological polar surface area (TPSA) is 70.1 Å². The molecule has 2 atom stereocenters. The van der Waals surface area contributed by atoms with Crippen molar-refractivity contribution in [2.45, 2.75) is 44.2 Å². The third-order valence-electron chi connectivity index (χ3n) is 4.03. The summed E-state index contributed by atoms with van der Waals surface area (Å²) in [5.41, 5.74) is 0. The summed E-state index contributed by atoms with van der Waals surface area (Å²) in [6.07, 6.45) is 3.78. The molecule has 0 spiro atoms. The maximum atomic E-state index is 12.5. The van der Waals surface area contributed by atoms with Crippen LogP contribution in [0.15, 0.2) is 0 Å². The zero-order chi connectivity index (χ0) is 13.8. The van der Waals surface area contributed by atoms with Crippen molar-refractivity contribution in [2.24, 2.45) is 0 Å². The van der Waals surface area contributed by atoms with Crippen molar-refractivity contribution in [3.05, 3.63) is 0 Å². The van der Waals surface area contributed by atoms with Gasteiger partial charge in [-0.05, 0) is 25.7 Å². The first-order chi connectivity index (χ1) is 9.11. The van der Waals surface area contributed by atoms with Gasteiger partial charge < -0.3 is 19.6 Å². The molecule has 0 aromatic heterocycles. The van der Waals surface area contributed by atoms with Crippen molar-refractivity contribution >= 4 is 12.0 Å². The van der Waals surface area contributed by atoms with Crippen molar-refractivity contribution in [3.63, 3.8) is 0 Å². The van der Waals surface area contributed by atoms with Gasteiger partial charge in [-0.1, -0.05) is 0 Å². The van der Waals surface area contributed by atoms with Gasteiger partial charge in [0.2, 0.25) is 0 Å². The molecule has 1 N–H and O–H groups in total. The second-order valence-electron chi connectivity index (χ2n) is 5.32. The minimum Gasteiger partial charge on any atom is -0.481 e. The van der Waals surface area contributed by atoms with E-state index >= 15 is 0 Å². The van der Waals surface area contributed by atoms with Crippen LogP contribution in [0.25, 0.3) is 0 Å². The van der Waals surface area contributed by atoms with Crippen LogP contribution in [0.1, 0.15) is 32.1 Å². The highest BCUT2D eigenvalue weighted by atomic mass is 16.5. The van der Waals surface area contributed by atoms with Gasteiger partial charge in [0.1, 0.15) is 0 Å². The summed E-state index contributed by atoms with van der Waals surface area (Å²) in [6, 6.07) is -0.175. The predicted molar refractivity (Wildman–Crippen MR) is 69.0 cm³/mol. The number of methoxy groups -OCH3 is 1. The van der Waals surface area contributed by atoms with E-state index in [4.69, 9.17) is 9.84 Å². The molecule has 6 nitrogen and oxygen atoms in total. The lowest BCUT2D eigenvalue weighted by Crippen LogP contribution is -2.50. The number of carbonyl (C=O) groups excluding carboxylic acids is 1. The molecule has 2 rings (SSSR count). The number of likely N-dealkylation sites (tertiary alicyclic amines) is 2. The van der Waals surface area contributed by atoms with E-state index in [1.165, 1.54) is 0 Å². The fourth-order valence-electron chi connectivity index (χ4n) is 2.94. The molecule has 19 heavy (non-hydrogen) atoms. The predicted octanol–water partition coefficient (Wildman–Crippen LogP) is 1.16. The molecule has 0 aromatic rings. The molecule has 2 aliphatic rings. The average molecular weight is 270 g/mol. The highest BCUT2D eigenvalue weighted by molar-refractivity contribution is 5.76. The number of carbonyl (C=O) groups is 2. The zero-order valence-electron chi connectivity index (χ0n) is 11.4. The number of aliphatic carboxylic acids is 1. The van der Waals surface area contributed by atoms with Gasteiger partial charge in [0.05, 0.1) is 12.5 Å². The molecule has 108 valence electrons. The Morgan fingerprint density at radius 1 is 1.26 bits per heavy atom. The standard InChI is InChI=1S/C13H22N2O4/c1-19-11-5-7-14(9-11)13(18)15-6-3-2-4-10(15)8-12(16)17/h10-11H,2-9H2,1H3,(H,16,17). The Bertz CT molecular complexity index is 348. The van der Waals surface area contributed by atoms with Crippen molar-refractivity contribution in [2.75, 3.05) is 26.7 Å². The van der Waals surface area contributed by atoms with Crippen LogP contribution in [0.4, 0.5) is 4.79 Å². The number of nitrogens with zero attached hydrogens (tertiary/aromatic N) is 2. The van der Waals surface area contributed by atoms with Gasteiger partial charge in [0.25, 0.3) is 0 Å². The molecule has 2 heterocycles. The van der Waals surface area contributed by atoms with E-state index in [0.717, 1.165) is 25.7 Å². The van der Waals surface area contributed by atoms with E-state index in [-0.39, 0.29) is 24.6 Å². The lowest BCUT2D eigenvalue weighted by atomic mass is 10.00. The fourth-order valence-corrected chi connectivity index (χ4v) is 2.94. The smallest absolute Gasteiger partial charge is 0.320 e. The molecular formula is C13H22N2O4. The molecule has 0 aromatic carbocycles. The number of urea groups is 1. The third-order valence-corrected chi connectivity index (χ3v) is 4.03. The van der Waals surface area contributed by atoms with Crippen molar-refractivity contribution in [3.8, 4) is 0 Å². The Morgan fingerprint density at radius 2 is 2.05 bits per heavy atom. The summed E-state index contributed by atoms with van der Waals surface area (Å²) in [4.78, 5) is 26.9. The number of carboxylic acid groups (broad SMARTS) is 1. The van der Waals surface area contributed by atoms with Crippen LogP contribution < -0.4 is 0 Å². The lowest BCUT2D eigenvalue weighted by molar-refractivity contribution is -0.138. The molecule has 2 saturated heterocycles. The summed E-state index contributed by atoms with van der Waals surface area (Å²) in [6.45, 7) is 1.99. The van der Waals surface area contributed by atoms with E-state index < -0.39 is 5.97 Å². The summed E-state index contributed by atoms with van der Waals surface area (Å²) in [5.74, 6) is -0.833. The lowest BCUT2D eigenvalue weighted by Gasteiger charge is -2.37. The SMILES string of the molecule is COC1CCN(C(=O)N2CCCCC2CC(=O)O)C1. The van der Waals surface area contributed by atoms with E-state index in [0.29, 0.717) is 19.6 Å². The Kier molecular flexibility index (Phi) is 4.63. The van der Waals surface area contributed by atoms with Gasteiger partial charge in [-0.2, -0.15) is 0 Å². The van der Waals surface area contributed by atoms with Gasteiger partial charge in [0.15, 0.2) is 0 Å². The maximum absolute atomic E-state index is 12.5. The van der Waals surface area contributed by atoms with Crippen molar-refractivity contribution < 1.29 is 19.4 Å². The fraction of sp³-hybridized carbons (Fsp3) is 0.846. The van der Waals surface area contributed by atoms with Gasteiger partial charge in [0, 0.05) is 32.8 Å². The summed E-state index contributed by atoms with van der Waals surface area (Å²) in [7, 11) is 1.66. The molecule has 0 saturated carbocycles. The molecule has 0 radical (unpaired) electrons. The van der Waals surface area contributed by atoms with E-state index in [9.17, 15) is 9.59 Å². The summed E-state index contributed by atoms with van der Waals surface area (Å²) in [5, 5.41) is 8.94. The Labute approximate surface area is 113 Å². The van der Waals surface area contributed by atoms with E-state index in [1.54, 1.807) is 16.9 Å². The minimum atomic E-state index is -0.833. The van der Waals surface area contributed by atoms with Crippen LogP contribution in [0, 0.1) is 0 Å². The van der Waals surface area contributed by atoms with Crippen molar-refractivity contribution in [1.29, 1.82) is 0 Å².